The van der Waals surface area contributed by atoms with E-state index in [1.807, 2.05) is 49.1 Å². The number of hydrogen-bond donors (Lipinski definition) is 3. The Morgan fingerprint density at radius 1 is 0.896 bits per heavy atom. The molecule has 2 atom stereocenters. The molecule has 14 heteroatoms. The highest BCUT2D eigenvalue weighted by Crippen LogP contribution is 2.26. The van der Waals surface area contributed by atoms with Crippen LogP contribution in [0.3, 0.4) is 0 Å². The summed E-state index contributed by atoms with van der Waals surface area (Å²) in [4.78, 5) is 78.3. The normalized spacial score (nSPS) is 19.9. The quantitative estimate of drug-likeness (QED) is 0.357. The van der Waals surface area contributed by atoms with E-state index < -0.39 is 29.8 Å². The summed E-state index contributed by atoms with van der Waals surface area (Å²) in [6.07, 6.45) is 5.67. The van der Waals surface area contributed by atoms with E-state index in [1.165, 1.54) is 22.5 Å². The molecule has 1 fully saturated rings. The van der Waals surface area contributed by atoms with Crippen LogP contribution in [0.2, 0.25) is 0 Å². The van der Waals surface area contributed by atoms with Gasteiger partial charge in [0.1, 0.15) is 23.0 Å². The van der Waals surface area contributed by atoms with Gasteiger partial charge in [-0.3, -0.25) is 24.0 Å². The minimum atomic E-state index is -0.698. The van der Waals surface area contributed by atoms with Crippen LogP contribution in [0, 0.1) is 5.92 Å². The Labute approximate surface area is 283 Å². The third-order valence-electron chi connectivity index (χ3n) is 8.51. The highest BCUT2D eigenvalue weighted by Gasteiger charge is 2.28. The maximum atomic E-state index is 13.4. The van der Waals surface area contributed by atoms with Gasteiger partial charge in [-0.15, -0.1) is 11.3 Å². The fourth-order valence-corrected chi connectivity index (χ4v) is 6.83. The van der Waals surface area contributed by atoms with Crippen LogP contribution in [0.1, 0.15) is 102 Å². The zero-order valence-corrected chi connectivity index (χ0v) is 28.2. The van der Waals surface area contributed by atoms with Gasteiger partial charge >= 0.3 is 0 Å². The molecule has 4 heterocycles. The van der Waals surface area contributed by atoms with Gasteiger partial charge in [-0.25, -0.2) is 9.97 Å². The van der Waals surface area contributed by atoms with Crippen LogP contribution < -0.4 is 16.0 Å². The zero-order chi connectivity index (χ0) is 34.0. The van der Waals surface area contributed by atoms with E-state index >= 15 is 0 Å². The van der Waals surface area contributed by atoms with Gasteiger partial charge in [0.05, 0.1) is 12.6 Å². The number of nitrogens with zero attached hydrogens (tertiary/aromatic N) is 4. The van der Waals surface area contributed by atoms with Gasteiger partial charge in [0, 0.05) is 50.8 Å². The summed E-state index contributed by atoms with van der Waals surface area (Å²) < 4.78 is 5.70. The van der Waals surface area contributed by atoms with Crippen molar-refractivity contribution >= 4 is 40.9 Å². The molecule has 1 aromatic carbocycles. The van der Waals surface area contributed by atoms with Crippen molar-refractivity contribution in [2.75, 3.05) is 32.7 Å². The molecule has 3 aromatic rings. The maximum absolute atomic E-state index is 13.4. The minimum Gasteiger partial charge on any atom is -0.446 e. The number of aromatic nitrogens is 2. The molecule has 256 valence electrons. The molecule has 13 nitrogen and oxygen atoms in total. The summed E-state index contributed by atoms with van der Waals surface area (Å²) >= 11 is 1.26. The smallest absolute Gasteiger partial charge is 0.273 e. The largest absolute Gasteiger partial charge is 0.446 e. The molecule has 0 radical (unpaired) electrons. The summed E-state index contributed by atoms with van der Waals surface area (Å²) in [5, 5.41) is 10.9. The van der Waals surface area contributed by atoms with Crippen LogP contribution >= 0.6 is 11.3 Å². The van der Waals surface area contributed by atoms with Crippen molar-refractivity contribution in [3.05, 3.63) is 69.8 Å². The molecule has 5 rings (SSSR count). The van der Waals surface area contributed by atoms with Crippen molar-refractivity contribution in [2.45, 2.75) is 70.9 Å². The van der Waals surface area contributed by atoms with Gasteiger partial charge in [0.25, 0.3) is 11.8 Å². The fourth-order valence-electron chi connectivity index (χ4n) is 5.81. The monoisotopic (exact) mass is 677 g/mol. The highest BCUT2D eigenvalue weighted by atomic mass is 32.1. The lowest BCUT2D eigenvalue weighted by molar-refractivity contribution is -0.139. The molecule has 2 aliphatic rings. The number of benzene rings is 1. The summed E-state index contributed by atoms with van der Waals surface area (Å²) in [5.74, 6) is -1.75. The number of carbonyl (C=O) groups excluding carboxylic acids is 5. The number of hydrogen-bond acceptors (Lipinski definition) is 9. The Bertz CT molecular complexity index is 1580. The first-order chi connectivity index (χ1) is 23.2. The van der Waals surface area contributed by atoms with Crippen molar-refractivity contribution in [1.29, 1.82) is 0 Å². The molecule has 0 saturated carbocycles. The molecular formula is C34H43N7O6S. The van der Waals surface area contributed by atoms with Crippen LogP contribution in [0.4, 0.5) is 0 Å². The number of thiazole rings is 1. The van der Waals surface area contributed by atoms with Crippen LogP contribution in [-0.2, 0) is 20.8 Å². The molecule has 48 heavy (non-hydrogen) atoms. The Balaban J connectivity index is 1.37. The van der Waals surface area contributed by atoms with Gasteiger partial charge in [-0.2, -0.15) is 0 Å². The van der Waals surface area contributed by atoms with Gasteiger partial charge in [-0.1, -0.05) is 57.0 Å². The van der Waals surface area contributed by atoms with Gasteiger partial charge < -0.3 is 30.2 Å². The third-order valence-corrected chi connectivity index (χ3v) is 9.44. The number of oxazole rings is 1. The Hall–Kier alpha value is -4.59. The summed E-state index contributed by atoms with van der Waals surface area (Å²) in [5.41, 5.74) is 1.10. The van der Waals surface area contributed by atoms with E-state index in [0.29, 0.717) is 24.5 Å². The third kappa shape index (κ3) is 9.27. The first kappa shape index (κ1) is 34.7. The van der Waals surface area contributed by atoms with E-state index in [4.69, 9.17) is 4.42 Å². The topological polar surface area (TPSA) is 167 Å². The van der Waals surface area contributed by atoms with E-state index in [9.17, 15) is 24.0 Å². The van der Waals surface area contributed by atoms with Crippen molar-refractivity contribution in [2.24, 2.45) is 5.92 Å². The lowest BCUT2D eigenvalue weighted by Gasteiger charge is -2.26. The first-order valence-electron chi connectivity index (χ1n) is 16.6. The van der Waals surface area contributed by atoms with Gasteiger partial charge in [0.2, 0.25) is 23.6 Å². The minimum absolute atomic E-state index is 0.00723. The fraction of sp³-hybridized carbons (Fsp3) is 0.500. The SMILES string of the molecule is CC(C)[C@@H]1NC(=O)CN(C(=O)CCC(=O)N2CCCCCC2)CCNC(=O)c2coc(n2)[C@H](Cc2ccccc2)NC(=O)c2csc1n2. The lowest BCUT2D eigenvalue weighted by Crippen LogP contribution is -2.46. The zero-order valence-electron chi connectivity index (χ0n) is 27.4. The van der Waals surface area contributed by atoms with Crippen LogP contribution in [0.25, 0.3) is 0 Å². The maximum Gasteiger partial charge on any atom is 0.273 e. The van der Waals surface area contributed by atoms with E-state index in [1.54, 1.807) is 5.38 Å². The number of likely N-dealkylation sites (tertiary alicyclic amines) is 1. The summed E-state index contributed by atoms with van der Waals surface area (Å²) in [6, 6.07) is 8.30. The Morgan fingerprint density at radius 3 is 2.31 bits per heavy atom. The molecule has 5 amide bonds. The number of fused-ring (bicyclic) bond motifs is 4. The average molecular weight is 678 g/mol. The number of rotatable bonds is 6. The molecule has 4 bridgehead atoms. The molecule has 2 aliphatic heterocycles. The van der Waals surface area contributed by atoms with E-state index in [-0.39, 0.29) is 67.5 Å². The van der Waals surface area contributed by atoms with Crippen molar-refractivity contribution < 1.29 is 28.4 Å². The second-order valence-corrected chi connectivity index (χ2v) is 13.4. The average Bonchev–Trinajstić information content (AvgIpc) is 3.69. The molecular weight excluding hydrogens is 634 g/mol. The van der Waals surface area contributed by atoms with E-state index in [0.717, 1.165) is 31.2 Å². The summed E-state index contributed by atoms with van der Waals surface area (Å²) in [6.45, 7) is 5.05. The Morgan fingerprint density at radius 2 is 1.60 bits per heavy atom. The Kier molecular flexibility index (Phi) is 11.9. The predicted octanol–water partition coefficient (Wildman–Crippen LogP) is 3.41. The predicted molar refractivity (Wildman–Crippen MR) is 178 cm³/mol. The highest BCUT2D eigenvalue weighted by molar-refractivity contribution is 7.09. The lowest BCUT2D eigenvalue weighted by atomic mass is 10.0. The van der Waals surface area contributed by atoms with Crippen LogP contribution in [-0.4, -0.2) is 82.0 Å². The molecule has 0 unspecified atom stereocenters. The number of amides is 5. The van der Waals surface area contributed by atoms with Crippen molar-refractivity contribution in [1.82, 2.24) is 35.7 Å². The second-order valence-electron chi connectivity index (χ2n) is 12.5. The van der Waals surface area contributed by atoms with Crippen molar-refractivity contribution in [3.8, 4) is 0 Å². The number of nitrogens with one attached hydrogen (secondary N) is 3. The molecule has 1 saturated heterocycles. The molecule has 3 N–H and O–H groups in total. The van der Waals surface area contributed by atoms with Gasteiger partial charge in [-0.05, 0) is 24.3 Å². The van der Waals surface area contributed by atoms with Crippen LogP contribution in [0.5, 0.6) is 0 Å². The van der Waals surface area contributed by atoms with Gasteiger partial charge in [0.15, 0.2) is 5.69 Å². The van der Waals surface area contributed by atoms with E-state index in [2.05, 4.69) is 25.9 Å². The number of carbonyl (C=O) groups is 5. The standard InChI is InChI=1S/C34H43N7O6S/c1-22(2)30-34-38-26(21-48-34)32(46)36-24(18-23-10-6-5-7-11-23)33-37-25(20-47-33)31(45)35-14-17-41(19-27(42)39-30)29(44)13-12-28(43)40-15-8-3-4-9-16-40/h5-7,10-11,20-22,24,30H,3-4,8-9,12-19H2,1-2H3,(H,35,45)(H,36,46)(H,39,42)/t24-,30-/m0/s1. The van der Waals surface area contributed by atoms with Crippen molar-refractivity contribution in [3.63, 3.8) is 0 Å². The second kappa shape index (κ2) is 16.5. The first-order valence-corrected chi connectivity index (χ1v) is 17.4. The molecule has 2 aromatic heterocycles. The molecule has 0 aliphatic carbocycles. The molecule has 0 spiro atoms. The van der Waals surface area contributed by atoms with Crippen LogP contribution in [0.15, 0.2) is 46.4 Å². The summed E-state index contributed by atoms with van der Waals surface area (Å²) in [7, 11) is 0.